The molecule has 0 spiro atoms. The van der Waals surface area contributed by atoms with Gasteiger partial charge in [0.25, 0.3) is 11.1 Å². The van der Waals surface area contributed by atoms with Gasteiger partial charge in [-0.1, -0.05) is 0 Å². The maximum Gasteiger partial charge on any atom is 0.290 e. The lowest BCUT2D eigenvalue weighted by molar-refractivity contribution is -0.115. The number of nitrogens with one attached hydrogen (secondary N) is 2. The highest BCUT2D eigenvalue weighted by Crippen LogP contribution is 2.25. The molecule has 4 rings (SSSR count). The summed E-state index contributed by atoms with van der Waals surface area (Å²) in [5.41, 5.74) is 0.675. The van der Waals surface area contributed by atoms with E-state index in [2.05, 4.69) is 25.5 Å². The summed E-state index contributed by atoms with van der Waals surface area (Å²) >= 11 is 0.912. The Morgan fingerprint density at radius 3 is 2.96 bits per heavy atom. The lowest BCUT2D eigenvalue weighted by atomic mass is 9.93. The van der Waals surface area contributed by atoms with Crippen LogP contribution < -0.4 is 10.6 Å². The number of hydrogen-bond acceptors (Lipinski definition) is 7. The largest absolute Gasteiger partial charge is 0.313 e. The highest BCUT2D eigenvalue weighted by molar-refractivity contribution is 8.18. The van der Waals surface area contributed by atoms with Crippen molar-refractivity contribution in [2.75, 3.05) is 26.2 Å². The number of nitrogens with zero attached hydrogens (tertiary/aromatic N) is 3. The van der Waals surface area contributed by atoms with E-state index >= 15 is 0 Å². The number of imide groups is 1. The lowest BCUT2D eigenvalue weighted by Crippen LogP contribution is -2.52. The zero-order valence-corrected chi connectivity index (χ0v) is 15.4. The number of carbonyl (C=O) groups is 2. The first-order valence-electron chi connectivity index (χ1n) is 9.18. The minimum atomic E-state index is -0.354. The third kappa shape index (κ3) is 4.31. The van der Waals surface area contributed by atoms with Crippen molar-refractivity contribution >= 4 is 29.0 Å². The molecule has 2 atom stereocenters. The van der Waals surface area contributed by atoms with E-state index in [4.69, 9.17) is 0 Å². The molecule has 2 amide bonds. The van der Waals surface area contributed by atoms with Gasteiger partial charge in [-0.2, -0.15) is 0 Å². The first-order chi connectivity index (χ1) is 12.7. The van der Waals surface area contributed by atoms with Crippen LogP contribution in [0.2, 0.25) is 0 Å². The fourth-order valence-corrected chi connectivity index (χ4v) is 4.37. The van der Waals surface area contributed by atoms with Crippen LogP contribution in [0.1, 0.15) is 30.8 Å². The number of rotatable bonds is 5. The third-order valence-corrected chi connectivity index (χ3v) is 5.94. The first-order valence-corrected chi connectivity index (χ1v) is 10.00. The molecule has 1 unspecified atom stereocenters. The van der Waals surface area contributed by atoms with Crippen molar-refractivity contribution in [1.82, 2.24) is 25.5 Å². The molecular weight excluding hydrogens is 350 g/mol. The second kappa shape index (κ2) is 7.85. The van der Waals surface area contributed by atoms with Crippen LogP contribution in [0.25, 0.3) is 6.08 Å². The van der Waals surface area contributed by atoms with Gasteiger partial charge in [0.05, 0.1) is 10.6 Å². The monoisotopic (exact) mass is 373 g/mol. The molecule has 26 heavy (non-hydrogen) atoms. The van der Waals surface area contributed by atoms with Gasteiger partial charge in [0.1, 0.15) is 5.82 Å². The Kier molecular flexibility index (Phi) is 5.33. The summed E-state index contributed by atoms with van der Waals surface area (Å²) in [5.74, 6) is 1.02. The molecule has 0 aliphatic carbocycles. The molecule has 0 saturated carbocycles. The van der Waals surface area contributed by atoms with Crippen molar-refractivity contribution in [3.63, 3.8) is 0 Å². The highest BCUT2D eigenvalue weighted by Gasteiger charge is 2.26. The van der Waals surface area contributed by atoms with Gasteiger partial charge in [-0.25, -0.2) is 9.97 Å². The Bertz CT molecular complexity index is 734. The van der Waals surface area contributed by atoms with Crippen LogP contribution in [-0.4, -0.2) is 58.2 Å². The predicted molar refractivity (Wildman–Crippen MR) is 100 cm³/mol. The van der Waals surface area contributed by atoms with Gasteiger partial charge in [-0.3, -0.25) is 14.9 Å². The van der Waals surface area contributed by atoms with Crippen molar-refractivity contribution in [3.05, 3.63) is 28.7 Å². The van der Waals surface area contributed by atoms with Crippen molar-refractivity contribution < 1.29 is 9.59 Å². The van der Waals surface area contributed by atoms with Crippen LogP contribution in [0.5, 0.6) is 0 Å². The van der Waals surface area contributed by atoms with Gasteiger partial charge in [-0.15, -0.1) is 0 Å². The molecule has 3 aliphatic heterocycles. The Labute approximate surface area is 157 Å². The van der Waals surface area contributed by atoms with E-state index in [-0.39, 0.29) is 11.1 Å². The summed E-state index contributed by atoms with van der Waals surface area (Å²) in [6.45, 7) is 4.57. The standard InChI is InChI=1S/C18H23N5O2S/c24-17-15(26-18(25)22-17)9-13-3-6-20-16(21-13)8-12-2-1-7-23(10-12)11-14-4-5-19-14/h3,6,9,12,14,19H,1-2,4-5,7-8,10-11H2,(H,22,24,25)/b15-9-/t12-,14?/m1/s1. The Morgan fingerprint density at radius 2 is 2.23 bits per heavy atom. The van der Waals surface area contributed by atoms with E-state index in [9.17, 15) is 9.59 Å². The van der Waals surface area contributed by atoms with Crippen LogP contribution in [0, 0.1) is 5.92 Å². The number of hydrogen-bond donors (Lipinski definition) is 2. The summed E-state index contributed by atoms with van der Waals surface area (Å²) < 4.78 is 0. The molecule has 138 valence electrons. The fraction of sp³-hybridized carbons (Fsp3) is 0.556. The molecule has 4 heterocycles. The molecule has 0 radical (unpaired) electrons. The molecule has 2 N–H and O–H groups in total. The zero-order chi connectivity index (χ0) is 17.9. The number of thioether (sulfide) groups is 1. The van der Waals surface area contributed by atoms with Gasteiger partial charge >= 0.3 is 0 Å². The van der Waals surface area contributed by atoms with Gasteiger partial charge in [0.15, 0.2) is 0 Å². The van der Waals surface area contributed by atoms with E-state index in [1.807, 2.05) is 0 Å². The quantitative estimate of drug-likeness (QED) is 0.755. The highest BCUT2D eigenvalue weighted by atomic mass is 32.2. The van der Waals surface area contributed by atoms with Crippen LogP contribution in [-0.2, 0) is 11.2 Å². The van der Waals surface area contributed by atoms with Crippen LogP contribution in [0.3, 0.4) is 0 Å². The maximum atomic E-state index is 11.7. The van der Waals surface area contributed by atoms with Crippen molar-refractivity contribution in [2.45, 2.75) is 31.7 Å². The van der Waals surface area contributed by atoms with E-state index < -0.39 is 0 Å². The summed E-state index contributed by atoms with van der Waals surface area (Å²) in [7, 11) is 0. The molecular formula is C18H23N5O2S. The van der Waals surface area contributed by atoms with Crippen molar-refractivity contribution in [2.24, 2.45) is 5.92 Å². The topological polar surface area (TPSA) is 87.2 Å². The molecule has 1 aromatic heterocycles. The van der Waals surface area contributed by atoms with Gasteiger partial charge in [-0.05, 0) is 62.2 Å². The van der Waals surface area contributed by atoms with Crippen LogP contribution in [0.4, 0.5) is 4.79 Å². The SMILES string of the molecule is O=C1NC(=O)/C(=C/c2ccnc(C[C@H]3CCCN(CC4CCN4)C3)n2)S1. The minimum absolute atomic E-state index is 0.334. The summed E-state index contributed by atoms with van der Waals surface area (Å²) in [6.07, 6.45) is 7.95. The second-order valence-electron chi connectivity index (χ2n) is 7.16. The summed E-state index contributed by atoms with van der Waals surface area (Å²) in [5, 5.41) is 5.40. The second-order valence-corrected chi connectivity index (χ2v) is 8.18. The first kappa shape index (κ1) is 17.6. The smallest absolute Gasteiger partial charge is 0.290 e. The molecule has 0 bridgehead atoms. The van der Waals surface area contributed by atoms with E-state index in [1.165, 1.54) is 25.8 Å². The molecule has 0 aromatic carbocycles. The van der Waals surface area contributed by atoms with Gasteiger partial charge in [0.2, 0.25) is 0 Å². The van der Waals surface area contributed by atoms with Gasteiger partial charge in [0, 0.05) is 31.7 Å². The Balaban J connectivity index is 1.38. The molecule has 3 aliphatic rings. The van der Waals surface area contributed by atoms with Gasteiger partial charge < -0.3 is 10.2 Å². The third-order valence-electron chi connectivity index (χ3n) is 5.13. The number of carbonyl (C=O) groups excluding carboxylic acids is 2. The number of aromatic nitrogens is 2. The number of likely N-dealkylation sites (tertiary alicyclic amines) is 1. The predicted octanol–water partition coefficient (Wildman–Crippen LogP) is 1.42. The molecule has 8 heteroatoms. The van der Waals surface area contributed by atoms with Crippen LogP contribution in [0.15, 0.2) is 17.2 Å². The average Bonchev–Trinajstić information content (AvgIpc) is 2.89. The minimum Gasteiger partial charge on any atom is -0.313 e. The molecule has 3 fully saturated rings. The zero-order valence-electron chi connectivity index (χ0n) is 14.6. The molecule has 3 saturated heterocycles. The fourth-order valence-electron chi connectivity index (χ4n) is 3.71. The van der Waals surface area contributed by atoms with E-state index in [0.717, 1.165) is 43.6 Å². The average molecular weight is 373 g/mol. The van der Waals surface area contributed by atoms with E-state index in [1.54, 1.807) is 18.3 Å². The Hall–Kier alpha value is -1.77. The van der Waals surface area contributed by atoms with Crippen molar-refractivity contribution in [1.29, 1.82) is 0 Å². The Morgan fingerprint density at radius 1 is 1.35 bits per heavy atom. The van der Waals surface area contributed by atoms with E-state index in [0.29, 0.717) is 22.6 Å². The molecule has 1 aromatic rings. The number of amides is 2. The van der Waals surface area contributed by atoms with Crippen LogP contribution >= 0.6 is 11.8 Å². The summed E-state index contributed by atoms with van der Waals surface area (Å²) in [6, 6.07) is 2.43. The lowest BCUT2D eigenvalue weighted by Gasteiger charge is -2.38. The maximum absolute atomic E-state index is 11.7. The normalized spacial score (nSPS) is 28.2. The molecule has 7 nitrogen and oxygen atoms in total. The number of piperidine rings is 1. The summed E-state index contributed by atoms with van der Waals surface area (Å²) in [4.78, 5) is 34.9. The van der Waals surface area contributed by atoms with Crippen molar-refractivity contribution in [3.8, 4) is 0 Å².